The van der Waals surface area contributed by atoms with Crippen LogP contribution < -0.4 is 5.32 Å². The molecule has 0 aromatic carbocycles. The average Bonchev–Trinajstić information content (AvgIpc) is 3.14. The number of nitrogens with zero attached hydrogens (tertiary/aromatic N) is 2. The fourth-order valence-electron chi connectivity index (χ4n) is 3.09. The van der Waals surface area contributed by atoms with Crippen LogP contribution in [-0.2, 0) is 0 Å². The third kappa shape index (κ3) is 4.52. The molecule has 3 nitrogen and oxygen atoms in total. The second-order valence-electron chi connectivity index (χ2n) is 6.50. The van der Waals surface area contributed by atoms with Gasteiger partial charge in [0.1, 0.15) is 0 Å². The zero-order valence-corrected chi connectivity index (χ0v) is 12.5. The van der Waals surface area contributed by atoms with Crippen LogP contribution in [0.3, 0.4) is 0 Å². The zero-order chi connectivity index (χ0) is 13.0. The Morgan fingerprint density at radius 1 is 1.00 bits per heavy atom. The lowest BCUT2D eigenvalue weighted by atomic mass is 10.1. The van der Waals surface area contributed by atoms with E-state index >= 15 is 0 Å². The molecular formula is C15H31N3. The van der Waals surface area contributed by atoms with Gasteiger partial charge in [-0.3, -0.25) is 4.90 Å². The molecule has 0 bridgehead atoms. The summed E-state index contributed by atoms with van der Waals surface area (Å²) in [6, 6.07) is 0.756. The fourth-order valence-corrected chi connectivity index (χ4v) is 3.09. The van der Waals surface area contributed by atoms with Gasteiger partial charge in [-0.05, 0) is 31.2 Å². The van der Waals surface area contributed by atoms with Gasteiger partial charge in [-0.1, -0.05) is 20.8 Å². The van der Waals surface area contributed by atoms with Crippen LogP contribution in [-0.4, -0.2) is 61.7 Å². The Morgan fingerprint density at radius 3 is 2.00 bits per heavy atom. The predicted octanol–water partition coefficient (Wildman–Crippen LogP) is 1.65. The lowest BCUT2D eigenvalue weighted by Crippen LogP contribution is -2.51. The van der Waals surface area contributed by atoms with E-state index in [0.29, 0.717) is 0 Å². The predicted molar refractivity (Wildman–Crippen MR) is 77.9 cm³/mol. The van der Waals surface area contributed by atoms with Gasteiger partial charge in [0.2, 0.25) is 0 Å². The highest BCUT2D eigenvalue weighted by Gasteiger charge is 2.32. The molecule has 3 heteroatoms. The summed E-state index contributed by atoms with van der Waals surface area (Å²) < 4.78 is 0. The number of hydrogen-bond donors (Lipinski definition) is 1. The Labute approximate surface area is 113 Å². The van der Waals surface area contributed by atoms with Gasteiger partial charge in [-0.2, -0.15) is 0 Å². The normalized spacial score (nSPS) is 24.7. The van der Waals surface area contributed by atoms with Crippen molar-refractivity contribution in [1.29, 1.82) is 0 Å². The number of piperazine rings is 1. The maximum Gasteiger partial charge on any atom is 0.0223 e. The molecular weight excluding hydrogens is 222 g/mol. The molecule has 2 aliphatic rings. The van der Waals surface area contributed by atoms with Crippen molar-refractivity contribution in [2.45, 2.75) is 39.7 Å². The quantitative estimate of drug-likeness (QED) is 0.744. The molecule has 0 aromatic heterocycles. The monoisotopic (exact) mass is 253 g/mol. The molecule has 18 heavy (non-hydrogen) atoms. The number of likely N-dealkylation sites (N-methyl/N-ethyl adjacent to an activating group) is 1. The van der Waals surface area contributed by atoms with Crippen molar-refractivity contribution < 1.29 is 0 Å². The fraction of sp³-hybridized carbons (Fsp3) is 1.00. The van der Waals surface area contributed by atoms with Crippen LogP contribution in [0, 0.1) is 11.8 Å². The summed E-state index contributed by atoms with van der Waals surface area (Å²) in [4.78, 5) is 5.29. The minimum atomic E-state index is 0.756. The number of rotatable bonds is 7. The third-order valence-corrected chi connectivity index (χ3v) is 4.20. The van der Waals surface area contributed by atoms with Crippen molar-refractivity contribution in [3.05, 3.63) is 0 Å². The summed E-state index contributed by atoms with van der Waals surface area (Å²) in [5, 5.41) is 3.68. The maximum absolute atomic E-state index is 3.68. The van der Waals surface area contributed by atoms with E-state index in [1.54, 1.807) is 0 Å². The first-order valence-corrected chi connectivity index (χ1v) is 7.87. The van der Waals surface area contributed by atoms with Crippen molar-refractivity contribution in [1.82, 2.24) is 15.1 Å². The Hall–Kier alpha value is -0.120. The zero-order valence-electron chi connectivity index (χ0n) is 12.5. The van der Waals surface area contributed by atoms with Gasteiger partial charge < -0.3 is 10.2 Å². The van der Waals surface area contributed by atoms with Gasteiger partial charge in [0.05, 0.1) is 0 Å². The number of hydrogen-bond acceptors (Lipinski definition) is 3. The topological polar surface area (TPSA) is 18.5 Å². The van der Waals surface area contributed by atoms with Crippen LogP contribution in [0.5, 0.6) is 0 Å². The molecule has 2 fully saturated rings. The molecule has 106 valence electrons. The lowest BCUT2D eigenvalue weighted by molar-refractivity contribution is 0.111. The van der Waals surface area contributed by atoms with Gasteiger partial charge in [0.15, 0.2) is 0 Å². The largest absolute Gasteiger partial charge is 0.313 e. The van der Waals surface area contributed by atoms with Crippen molar-refractivity contribution in [3.63, 3.8) is 0 Å². The lowest BCUT2D eigenvalue weighted by Gasteiger charge is -2.37. The van der Waals surface area contributed by atoms with Crippen LogP contribution in [0.15, 0.2) is 0 Å². The standard InChI is InChI=1S/C15H31N3/c1-4-16-15(14-5-6-14)12-18-9-7-17(8-10-18)11-13(2)3/h13-16H,4-12H2,1-3H3. The molecule has 0 aromatic rings. The van der Waals surface area contributed by atoms with Gasteiger partial charge in [-0.25, -0.2) is 0 Å². The molecule has 1 aliphatic carbocycles. The van der Waals surface area contributed by atoms with Crippen molar-refractivity contribution in [2.75, 3.05) is 45.8 Å². The highest BCUT2D eigenvalue weighted by Crippen LogP contribution is 2.33. The van der Waals surface area contributed by atoms with E-state index in [9.17, 15) is 0 Å². The van der Waals surface area contributed by atoms with Gasteiger partial charge in [0, 0.05) is 45.3 Å². The van der Waals surface area contributed by atoms with E-state index in [1.807, 2.05) is 0 Å². The van der Waals surface area contributed by atoms with E-state index in [1.165, 1.54) is 52.1 Å². The molecule has 1 N–H and O–H groups in total. The molecule has 1 saturated carbocycles. The highest BCUT2D eigenvalue weighted by molar-refractivity contribution is 4.89. The molecule has 1 atom stereocenters. The van der Waals surface area contributed by atoms with Crippen molar-refractivity contribution in [3.8, 4) is 0 Å². The first-order chi connectivity index (χ1) is 8.69. The van der Waals surface area contributed by atoms with Gasteiger partial charge in [-0.15, -0.1) is 0 Å². The molecule has 0 spiro atoms. The third-order valence-electron chi connectivity index (χ3n) is 4.20. The SMILES string of the molecule is CCNC(CN1CCN(CC(C)C)CC1)C1CC1. The van der Waals surface area contributed by atoms with Crippen LogP contribution in [0.4, 0.5) is 0 Å². The second-order valence-corrected chi connectivity index (χ2v) is 6.50. The highest BCUT2D eigenvalue weighted by atomic mass is 15.3. The van der Waals surface area contributed by atoms with E-state index in [0.717, 1.165) is 24.4 Å². The summed E-state index contributed by atoms with van der Waals surface area (Å²) in [6.45, 7) is 15.6. The minimum Gasteiger partial charge on any atom is -0.313 e. The van der Waals surface area contributed by atoms with Crippen molar-refractivity contribution in [2.24, 2.45) is 11.8 Å². The molecule has 2 rings (SSSR count). The van der Waals surface area contributed by atoms with E-state index in [2.05, 4.69) is 35.9 Å². The number of nitrogens with one attached hydrogen (secondary N) is 1. The van der Waals surface area contributed by atoms with Crippen LogP contribution >= 0.6 is 0 Å². The minimum absolute atomic E-state index is 0.756. The molecule has 1 aliphatic heterocycles. The van der Waals surface area contributed by atoms with Gasteiger partial charge >= 0.3 is 0 Å². The Kier molecular flexibility index (Phi) is 5.46. The Bertz CT molecular complexity index is 230. The van der Waals surface area contributed by atoms with Crippen LogP contribution in [0.1, 0.15) is 33.6 Å². The summed E-state index contributed by atoms with van der Waals surface area (Å²) in [5.41, 5.74) is 0. The van der Waals surface area contributed by atoms with Gasteiger partial charge in [0.25, 0.3) is 0 Å². The smallest absolute Gasteiger partial charge is 0.0223 e. The first kappa shape index (κ1) is 14.3. The van der Waals surface area contributed by atoms with Crippen molar-refractivity contribution >= 4 is 0 Å². The maximum atomic E-state index is 3.68. The Morgan fingerprint density at radius 2 is 1.56 bits per heavy atom. The van der Waals surface area contributed by atoms with E-state index in [4.69, 9.17) is 0 Å². The second kappa shape index (κ2) is 6.88. The molecule has 0 radical (unpaired) electrons. The summed E-state index contributed by atoms with van der Waals surface area (Å²) >= 11 is 0. The summed E-state index contributed by atoms with van der Waals surface area (Å²) in [7, 11) is 0. The molecule has 1 heterocycles. The molecule has 1 saturated heterocycles. The van der Waals surface area contributed by atoms with E-state index in [-0.39, 0.29) is 0 Å². The van der Waals surface area contributed by atoms with E-state index < -0.39 is 0 Å². The summed E-state index contributed by atoms with van der Waals surface area (Å²) in [5.74, 6) is 1.77. The summed E-state index contributed by atoms with van der Waals surface area (Å²) in [6.07, 6.45) is 2.90. The first-order valence-electron chi connectivity index (χ1n) is 7.87. The molecule has 0 amide bonds. The molecule has 1 unspecified atom stereocenters. The van der Waals surface area contributed by atoms with Crippen LogP contribution in [0.2, 0.25) is 0 Å². The Balaban J connectivity index is 1.68. The van der Waals surface area contributed by atoms with Crippen LogP contribution in [0.25, 0.3) is 0 Å². The average molecular weight is 253 g/mol.